The van der Waals surface area contributed by atoms with Crippen molar-refractivity contribution in [3.63, 3.8) is 0 Å². The molecule has 5 heteroatoms. The molecule has 1 fully saturated rings. The average molecular weight is 262 g/mol. The van der Waals surface area contributed by atoms with Crippen LogP contribution in [0.5, 0.6) is 0 Å². The lowest BCUT2D eigenvalue weighted by Gasteiger charge is -2.27. The Bertz CT molecular complexity index is 408. The van der Waals surface area contributed by atoms with Crippen molar-refractivity contribution >= 4 is 11.6 Å². The number of pyridine rings is 1. The van der Waals surface area contributed by atoms with Crippen LogP contribution in [0.4, 0.5) is 8.78 Å². The van der Waals surface area contributed by atoms with Gasteiger partial charge in [-0.15, -0.1) is 0 Å². The molecule has 0 amide bonds. The highest BCUT2D eigenvalue weighted by Gasteiger charge is 2.28. The molecule has 1 aliphatic rings. The number of aromatic nitrogens is 1. The number of aliphatic hydroxyl groups excluding tert-OH is 1. The Kier molecular flexibility index (Phi) is 3.94. The largest absolute Gasteiger partial charge is 0.388 e. The first-order valence-electron chi connectivity index (χ1n) is 5.78. The molecule has 0 radical (unpaired) electrons. The number of halogens is 3. The summed E-state index contributed by atoms with van der Waals surface area (Å²) in [6.45, 7) is 0. The Labute approximate surface area is 104 Å². The second-order valence-corrected chi connectivity index (χ2v) is 4.87. The van der Waals surface area contributed by atoms with Crippen LogP contribution < -0.4 is 0 Å². The van der Waals surface area contributed by atoms with Gasteiger partial charge in [-0.25, -0.2) is 9.37 Å². The summed E-state index contributed by atoms with van der Waals surface area (Å²) in [7, 11) is 0. The fourth-order valence-corrected chi connectivity index (χ4v) is 2.66. The molecule has 1 aromatic heterocycles. The van der Waals surface area contributed by atoms with Gasteiger partial charge in [0.1, 0.15) is 0 Å². The first kappa shape index (κ1) is 12.7. The second kappa shape index (κ2) is 5.27. The first-order chi connectivity index (χ1) is 8.11. The maximum atomic E-state index is 13.6. The summed E-state index contributed by atoms with van der Waals surface area (Å²) in [5, 5.41) is 10.1. The molecule has 17 heavy (non-hydrogen) atoms. The lowest BCUT2D eigenvalue weighted by molar-refractivity contribution is 0.0808. The van der Waals surface area contributed by atoms with Gasteiger partial charge in [-0.2, -0.15) is 4.39 Å². The van der Waals surface area contributed by atoms with Gasteiger partial charge < -0.3 is 5.11 Å². The van der Waals surface area contributed by atoms with Gasteiger partial charge in [0, 0.05) is 11.8 Å². The number of rotatable bonds is 2. The van der Waals surface area contributed by atoms with Crippen LogP contribution in [0.3, 0.4) is 0 Å². The molecule has 1 aromatic rings. The van der Waals surface area contributed by atoms with Crippen LogP contribution in [-0.4, -0.2) is 10.1 Å². The minimum atomic E-state index is -1.21. The SMILES string of the molecule is OC(c1c(Cl)cnc(F)c1F)C1CCCCC1. The van der Waals surface area contributed by atoms with Crippen LogP contribution in [-0.2, 0) is 0 Å². The van der Waals surface area contributed by atoms with Gasteiger partial charge in [-0.3, -0.25) is 0 Å². The third kappa shape index (κ3) is 2.58. The topological polar surface area (TPSA) is 33.1 Å². The fourth-order valence-electron chi connectivity index (χ4n) is 2.41. The van der Waals surface area contributed by atoms with Crippen LogP contribution in [0, 0.1) is 17.7 Å². The van der Waals surface area contributed by atoms with Gasteiger partial charge >= 0.3 is 0 Å². The van der Waals surface area contributed by atoms with E-state index in [2.05, 4.69) is 4.98 Å². The molecule has 0 bridgehead atoms. The van der Waals surface area contributed by atoms with Crippen molar-refractivity contribution in [2.24, 2.45) is 5.92 Å². The van der Waals surface area contributed by atoms with Crippen molar-refractivity contribution in [3.8, 4) is 0 Å². The van der Waals surface area contributed by atoms with E-state index in [1.165, 1.54) is 0 Å². The number of hydrogen-bond donors (Lipinski definition) is 1. The molecule has 0 aromatic carbocycles. The van der Waals surface area contributed by atoms with E-state index < -0.39 is 17.9 Å². The summed E-state index contributed by atoms with van der Waals surface area (Å²) in [6, 6.07) is 0. The number of hydrogen-bond acceptors (Lipinski definition) is 2. The third-order valence-corrected chi connectivity index (χ3v) is 3.66. The standard InChI is InChI=1S/C12H14ClF2NO/c13-8-6-16-12(15)10(14)9(8)11(17)7-4-2-1-3-5-7/h6-7,11,17H,1-5H2. The molecule has 1 N–H and O–H groups in total. The summed E-state index contributed by atoms with van der Waals surface area (Å²) in [4.78, 5) is 3.18. The highest BCUT2D eigenvalue weighted by Crippen LogP contribution is 2.38. The molecule has 1 aliphatic carbocycles. The molecule has 1 unspecified atom stereocenters. The van der Waals surface area contributed by atoms with Crippen LogP contribution in [0.25, 0.3) is 0 Å². The molecule has 0 saturated heterocycles. The highest BCUT2D eigenvalue weighted by atomic mass is 35.5. The normalized spacial score (nSPS) is 19.3. The van der Waals surface area contributed by atoms with Gasteiger partial charge in [-0.1, -0.05) is 30.9 Å². The lowest BCUT2D eigenvalue weighted by atomic mass is 9.83. The molecule has 1 heterocycles. The summed E-state index contributed by atoms with van der Waals surface area (Å²) < 4.78 is 26.6. The maximum absolute atomic E-state index is 13.6. The van der Waals surface area contributed by atoms with E-state index in [4.69, 9.17) is 11.6 Å². The Morgan fingerprint density at radius 3 is 2.59 bits per heavy atom. The molecular weight excluding hydrogens is 248 g/mol. The van der Waals surface area contributed by atoms with Crippen molar-refractivity contribution in [2.75, 3.05) is 0 Å². The summed E-state index contributed by atoms with van der Waals surface area (Å²) in [5.41, 5.74) is -0.147. The van der Waals surface area contributed by atoms with E-state index in [0.29, 0.717) is 0 Å². The fraction of sp³-hybridized carbons (Fsp3) is 0.583. The van der Waals surface area contributed by atoms with E-state index in [0.717, 1.165) is 38.3 Å². The third-order valence-electron chi connectivity index (χ3n) is 3.36. The smallest absolute Gasteiger partial charge is 0.249 e. The van der Waals surface area contributed by atoms with Gasteiger partial charge in [0.05, 0.1) is 11.1 Å². The monoisotopic (exact) mass is 261 g/mol. The zero-order valence-electron chi connectivity index (χ0n) is 9.30. The molecule has 94 valence electrons. The van der Waals surface area contributed by atoms with Gasteiger partial charge in [0.2, 0.25) is 5.95 Å². The van der Waals surface area contributed by atoms with Crippen LogP contribution in [0.2, 0.25) is 5.02 Å². The van der Waals surface area contributed by atoms with E-state index in [9.17, 15) is 13.9 Å². The molecule has 2 nitrogen and oxygen atoms in total. The van der Waals surface area contributed by atoms with Gasteiger partial charge in [-0.05, 0) is 18.8 Å². The molecular formula is C12H14ClF2NO. The zero-order valence-corrected chi connectivity index (χ0v) is 10.1. The van der Waals surface area contributed by atoms with Crippen molar-refractivity contribution in [3.05, 3.63) is 28.5 Å². The van der Waals surface area contributed by atoms with Crippen LogP contribution in [0.15, 0.2) is 6.20 Å². The number of aliphatic hydroxyl groups is 1. The Morgan fingerprint density at radius 2 is 1.94 bits per heavy atom. The van der Waals surface area contributed by atoms with Crippen LogP contribution in [0.1, 0.15) is 43.8 Å². The first-order valence-corrected chi connectivity index (χ1v) is 6.16. The minimum Gasteiger partial charge on any atom is -0.388 e. The van der Waals surface area contributed by atoms with E-state index in [1.807, 2.05) is 0 Å². The predicted octanol–water partition coefficient (Wildman–Crippen LogP) is 3.63. The van der Waals surface area contributed by atoms with E-state index in [1.54, 1.807) is 0 Å². The lowest BCUT2D eigenvalue weighted by Crippen LogP contribution is -2.18. The average Bonchev–Trinajstić information content (AvgIpc) is 2.35. The van der Waals surface area contributed by atoms with Crippen LogP contribution >= 0.6 is 11.6 Å². The second-order valence-electron chi connectivity index (χ2n) is 4.47. The highest BCUT2D eigenvalue weighted by molar-refractivity contribution is 6.31. The quantitative estimate of drug-likeness (QED) is 0.825. The van der Waals surface area contributed by atoms with Crippen molar-refractivity contribution in [2.45, 2.75) is 38.2 Å². The van der Waals surface area contributed by atoms with Crippen molar-refractivity contribution in [1.82, 2.24) is 4.98 Å². The van der Waals surface area contributed by atoms with E-state index in [-0.39, 0.29) is 16.5 Å². The molecule has 1 saturated carbocycles. The molecule has 1 atom stereocenters. The zero-order chi connectivity index (χ0) is 12.4. The minimum absolute atomic E-state index is 0.0121. The Morgan fingerprint density at radius 1 is 1.29 bits per heavy atom. The Hall–Kier alpha value is -0.740. The van der Waals surface area contributed by atoms with E-state index >= 15 is 0 Å². The predicted molar refractivity (Wildman–Crippen MR) is 60.7 cm³/mol. The van der Waals surface area contributed by atoms with Crippen molar-refractivity contribution < 1.29 is 13.9 Å². The summed E-state index contributed by atoms with van der Waals surface area (Å²) in [6.07, 6.45) is 4.79. The molecule has 0 spiro atoms. The maximum Gasteiger partial charge on any atom is 0.249 e. The molecule has 2 rings (SSSR count). The van der Waals surface area contributed by atoms with Gasteiger partial charge in [0.15, 0.2) is 5.82 Å². The molecule has 0 aliphatic heterocycles. The summed E-state index contributed by atoms with van der Waals surface area (Å²) >= 11 is 5.79. The van der Waals surface area contributed by atoms with Crippen molar-refractivity contribution in [1.29, 1.82) is 0 Å². The van der Waals surface area contributed by atoms with Gasteiger partial charge in [0.25, 0.3) is 0 Å². The number of nitrogens with zero attached hydrogens (tertiary/aromatic N) is 1. The Balaban J connectivity index is 2.29. The summed E-state index contributed by atoms with van der Waals surface area (Å²) in [5.74, 6) is -2.38.